The lowest BCUT2D eigenvalue weighted by Gasteiger charge is -2.38. The maximum Gasteiger partial charge on any atom is 0.416 e. The summed E-state index contributed by atoms with van der Waals surface area (Å²) in [6.07, 6.45) is -0.0252. The van der Waals surface area contributed by atoms with Crippen LogP contribution in [0.3, 0.4) is 0 Å². The third kappa shape index (κ3) is 2.96. The zero-order chi connectivity index (χ0) is 14.0. The van der Waals surface area contributed by atoms with Gasteiger partial charge in [0, 0.05) is 12.6 Å². The van der Waals surface area contributed by atoms with Crippen molar-refractivity contribution in [2.75, 3.05) is 17.2 Å². The van der Waals surface area contributed by atoms with E-state index in [4.69, 9.17) is 5.73 Å². The number of rotatable bonds is 2. The van der Waals surface area contributed by atoms with Gasteiger partial charge < -0.3 is 10.6 Å². The van der Waals surface area contributed by atoms with E-state index in [-0.39, 0.29) is 5.69 Å². The molecule has 0 spiro atoms. The Morgan fingerprint density at radius 2 is 2.05 bits per heavy atom. The minimum atomic E-state index is -4.33. The molecule has 1 aromatic carbocycles. The molecule has 2 rings (SSSR count). The van der Waals surface area contributed by atoms with Crippen LogP contribution < -0.4 is 10.6 Å². The van der Waals surface area contributed by atoms with Crippen LogP contribution in [0.4, 0.5) is 24.5 Å². The molecule has 0 saturated carbocycles. The van der Waals surface area contributed by atoms with Gasteiger partial charge in [0.25, 0.3) is 0 Å². The molecule has 0 aromatic heterocycles. The predicted octanol–water partition coefficient (Wildman–Crippen LogP) is 4.06. The summed E-state index contributed by atoms with van der Waals surface area (Å²) in [7, 11) is 0. The summed E-state index contributed by atoms with van der Waals surface area (Å²) < 4.78 is 37.8. The van der Waals surface area contributed by atoms with E-state index in [0.29, 0.717) is 6.04 Å². The molecule has 1 heterocycles. The van der Waals surface area contributed by atoms with E-state index >= 15 is 0 Å². The molecule has 1 unspecified atom stereocenters. The number of hydrogen-bond acceptors (Lipinski definition) is 2. The number of halogens is 3. The van der Waals surface area contributed by atoms with Gasteiger partial charge in [-0.3, -0.25) is 0 Å². The summed E-state index contributed by atoms with van der Waals surface area (Å²) >= 11 is 0. The number of benzene rings is 1. The molecule has 1 aliphatic rings. The van der Waals surface area contributed by atoms with Gasteiger partial charge in [0.05, 0.1) is 16.9 Å². The second-order valence-electron chi connectivity index (χ2n) is 5.02. The van der Waals surface area contributed by atoms with Crippen LogP contribution in [0.15, 0.2) is 18.2 Å². The number of piperidine rings is 1. The van der Waals surface area contributed by atoms with Crippen molar-refractivity contribution in [2.24, 2.45) is 0 Å². The number of nitrogens with two attached hydrogens (primary N) is 1. The molecule has 19 heavy (non-hydrogen) atoms. The van der Waals surface area contributed by atoms with E-state index in [1.54, 1.807) is 0 Å². The molecule has 2 N–H and O–H groups in total. The molecular weight excluding hydrogens is 253 g/mol. The van der Waals surface area contributed by atoms with Crippen LogP contribution in [0.2, 0.25) is 0 Å². The molecule has 0 amide bonds. The van der Waals surface area contributed by atoms with Crippen molar-refractivity contribution < 1.29 is 13.2 Å². The molecule has 106 valence electrons. The van der Waals surface area contributed by atoms with E-state index in [1.807, 2.05) is 0 Å². The zero-order valence-corrected chi connectivity index (χ0v) is 11.0. The van der Waals surface area contributed by atoms with Gasteiger partial charge in [-0.1, -0.05) is 6.92 Å². The lowest BCUT2D eigenvalue weighted by molar-refractivity contribution is -0.137. The Bertz CT molecular complexity index is 443. The first-order valence-electron chi connectivity index (χ1n) is 6.67. The Labute approximate surface area is 111 Å². The molecule has 5 heteroatoms. The maximum atomic E-state index is 12.6. The molecule has 1 saturated heterocycles. The van der Waals surface area contributed by atoms with Crippen molar-refractivity contribution in [1.29, 1.82) is 0 Å². The number of alkyl halides is 3. The SMILES string of the molecule is CCC1CCCCN1c1ccc(C(F)(F)F)cc1N. The summed E-state index contributed by atoms with van der Waals surface area (Å²) in [6.45, 7) is 2.97. The number of nitrogen functional groups attached to an aromatic ring is 1. The Morgan fingerprint density at radius 1 is 1.32 bits per heavy atom. The van der Waals surface area contributed by atoms with E-state index in [2.05, 4.69) is 11.8 Å². The third-order valence-corrected chi connectivity index (χ3v) is 3.76. The Morgan fingerprint density at radius 3 is 2.63 bits per heavy atom. The van der Waals surface area contributed by atoms with Crippen LogP contribution in [0.1, 0.15) is 38.2 Å². The maximum absolute atomic E-state index is 12.6. The molecular formula is C14H19F3N2. The number of hydrogen-bond donors (Lipinski definition) is 1. The number of anilines is 2. The first-order chi connectivity index (χ1) is 8.93. The minimum Gasteiger partial charge on any atom is -0.397 e. The summed E-state index contributed by atoms with van der Waals surface area (Å²) in [6, 6.07) is 4.04. The summed E-state index contributed by atoms with van der Waals surface area (Å²) in [4.78, 5) is 2.15. The predicted molar refractivity (Wildman–Crippen MR) is 71.1 cm³/mol. The summed E-state index contributed by atoms with van der Waals surface area (Å²) in [5, 5.41) is 0. The van der Waals surface area contributed by atoms with Crippen LogP contribution in [0.25, 0.3) is 0 Å². The molecule has 0 aliphatic carbocycles. The van der Waals surface area contributed by atoms with Crippen LogP contribution in [-0.2, 0) is 6.18 Å². The highest BCUT2D eigenvalue weighted by molar-refractivity contribution is 5.69. The molecule has 0 radical (unpaired) electrons. The topological polar surface area (TPSA) is 29.3 Å². The van der Waals surface area contributed by atoms with Gasteiger partial charge in [0.1, 0.15) is 0 Å². The first kappa shape index (κ1) is 14.0. The van der Waals surface area contributed by atoms with Crippen LogP contribution in [-0.4, -0.2) is 12.6 Å². The highest BCUT2D eigenvalue weighted by Gasteiger charge is 2.31. The van der Waals surface area contributed by atoms with Gasteiger partial charge in [-0.25, -0.2) is 0 Å². The molecule has 0 bridgehead atoms. The summed E-state index contributed by atoms with van der Waals surface area (Å²) in [5.74, 6) is 0. The highest BCUT2D eigenvalue weighted by Crippen LogP contribution is 2.36. The van der Waals surface area contributed by atoms with Crippen molar-refractivity contribution in [3.05, 3.63) is 23.8 Å². The smallest absolute Gasteiger partial charge is 0.397 e. The molecule has 1 fully saturated rings. The fourth-order valence-corrected chi connectivity index (χ4v) is 2.73. The van der Waals surface area contributed by atoms with E-state index in [9.17, 15) is 13.2 Å². The molecule has 1 aliphatic heterocycles. The van der Waals surface area contributed by atoms with E-state index in [0.717, 1.165) is 43.6 Å². The Balaban J connectivity index is 2.30. The monoisotopic (exact) mass is 272 g/mol. The van der Waals surface area contributed by atoms with Crippen molar-refractivity contribution in [3.8, 4) is 0 Å². The van der Waals surface area contributed by atoms with Gasteiger partial charge in [-0.2, -0.15) is 13.2 Å². The van der Waals surface area contributed by atoms with Crippen molar-refractivity contribution >= 4 is 11.4 Å². The van der Waals surface area contributed by atoms with E-state index < -0.39 is 11.7 Å². The van der Waals surface area contributed by atoms with Crippen molar-refractivity contribution in [1.82, 2.24) is 0 Å². The second kappa shape index (κ2) is 5.31. The highest BCUT2D eigenvalue weighted by atomic mass is 19.4. The average Bonchev–Trinajstić information content (AvgIpc) is 2.37. The Hall–Kier alpha value is -1.39. The lowest BCUT2D eigenvalue weighted by atomic mass is 9.98. The number of nitrogens with zero attached hydrogens (tertiary/aromatic N) is 1. The largest absolute Gasteiger partial charge is 0.416 e. The minimum absolute atomic E-state index is 0.218. The Kier molecular flexibility index (Phi) is 3.92. The van der Waals surface area contributed by atoms with Crippen molar-refractivity contribution in [2.45, 2.75) is 44.8 Å². The van der Waals surface area contributed by atoms with Gasteiger partial charge in [-0.15, -0.1) is 0 Å². The second-order valence-corrected chi connectivity index (χ2v) is 5.02. The van der Waals surface area contributed by atoms with Crippen LogP contribution in [0, 0.1) is 0 Å². The average molecular weight is 272 g/mol. The first-order valence-corrected chi connectivity index (χ1v) is 6.67. The van der Waals surface area contributed by atoms with Gasteiger partial charge in [-0.05, 0) is 43.9 Å². The quantitative estimate of drug-likeness (QED) is 0.823. The van der Waals surface area contributed by atoms with Gasteiger partial charge in [0.2, 0.25) is 0 Å². The van der Waals surface area contributed by atoms with Gasteiger partial charge >= 0.3 is 6.18 Å². The van der Waals surface area contributed by atoms with Crippen molar-refractivity contribution in [3.63, 3.8) is 0 Å². The summed E-state index contributed by atoms with van der Waals surface area (Å²) in [5.41, 5.74) is 6.10. The third-order valence-electron chi connectivity index (χ3n) is 3.76. The fourth-order valence-electron chi connectivity index (χ4n) is 2.73. The van der Waals surface area contributed by atoms with Crippen LogP contribution >= 0.6 is 0 Å². The van der Waals surface area contributed by atoms with Crippen LogP contribution in [0.5, 0.6) is 0 Å². The molecule has 2 nitrogen and oxygen atoms in total. The fraction of sp³-hybridized carbons (Fsp3) is 0.571. The van der Waals surface area contributed by atoms with Gasteiger partial charge in [0.15, 0.2) is 0 Å². The zero-order valence-electron chi connectivity index (χ0n) is 11.0. The molecule has 1 atom stereocenters. The lowest BCUT2D eigenvalue weighted by Crippen LogP contribution is -2.39. The standard InChI is InChI=1S/C14H19F3N2/c1-2-11-5-3-4-8-19(11)13-7-6-10(9-12(13)18)14(15,16)17/h6-7,9,11H,2-5,8,18H2,1H3. The van der Waals surface area contributed by atoms with E-state index in [1.165, 1.54) is 12.5 Å². The normalized spacial score (nSPS) is 20.6. The molecule has 1 aromatic rings.